The Morgan fingerprint density at radius 1 is 1.45 bits per heavy atom. The Bertz CT molecular complexity index is 625. The number of hydrogen-bond acceptors (Lipinski definition) is 3. The van der Waals surface area contributed by atoms with E-state index in [0.29, 0.717) is 5.56 Å². The number of nitrogens with two attached hydrogens (primary N) is 1. The van der Waals surface area contributed by atoms with Crippen molar-refractivity contribution >= 4 is 17.2 Å². The highest BCUT2D eigenvalue weighted by atomic mass is 32.1. The summed E-state index contributed by atoms with van der Waals surface area (Å²) in [6.45, 7) is 4.28. The molecule has 0 aliphatic carbocycles. The molecule has 2 aromatic rings. The zero-order valence-corrected chi connectivity index (χ0v) is 12.2. The predicted molar refractivity (Wildman–Crippen MR) is 79.2 cm³/mol. The molecular formula is C14H16FN3OS. The molecule has 0 amide bonds. The molecule has 0 radical (unpaired) electrons. The van der Waals surface area contributed by atoms with Gasteiger partial charge in [-0.25, -0.2) is 4.39 Å². The fourth-order valence-electron chi connectivity index (χ4n) is 1.66. The zero-order valence-electron chi connectivity index (χ0n) is 11.3. The lowest BCUT2D eigenvalue weighted by atomic mass is 10.2. The summed E-state index contributed by atoms with van der Waals surface area (Å²) in [6.07, 6.45) is 1.87. The van der Waals surface area contributed by atoms with Gasteiger partial charge in [0.25, 0.3) is 0 Å². The van der Waals surface area contributed by atoms with Crippen molar-refractivity contribution in [2.75, 3.05) is 0 Å². The van der Waals surface area contributed by atoms with Crippen LogP contribution in [0.15, 0.2) is 30.5 Å². The maximum absolute atomic E-state index is 13.8. The van der Waals surface area contributed by atoms with Gasteiger partial charge < -0.3 is 10.5 Å². The Morgan fingerprint density at radius 2 is 2.20 bits per heavy atom. The van der Waals surface area contributed by atoms with Crippen LogP contribution in [-0.4, -0.2) is 14.8 Å². The molecular weight excluding hydrogens is 277 g/mol. The maximum atomic E-state index is 13.8. The van der Waals surface area contributed by atoms with Gasteiger partial charge >= 0.3 is 0 Å². The molecule has 0 saturated carbocycles. The first-order valence-corrected chi connectivity index (χ1v) is 6.64. The number of thiocarbonyl (C=S) groups is 1. The summed E-state index contributed by atoms with van der Waals surface area (Å²) >= 11 is 4.79. The van der Waals surface area contributed by atoms with E-state index < -0.39 is 5.82 Å². The van der Waals surface area contributed by atoms with E-state index in [1.165, 1.54) is 12.1 Å². The van der Waals surface area contributed by atoms with E-state index in [1.54, 1.807) is 6.07 Å². The normalized spacial score (nSPS) is 10.8. The number of nitrogens with zero attached hydrogens (tertiary/aromatic N) is 2. The summed E-state index contributed by atoms with van der Waals surface area (Å²) in [7, 11) is 0. The Hall–Kier alpha value is -1.95. The molecule has 0 saturated heterocycles. The average Bonchev–Trinajstić information content (AvgIpc) is 2.86. The van der Waals surface area contributed by atoms with Crippen LogP contribution in [0, 0.1) is 5.82 Å². The molecule has 20 heavy (non-hydrogen) atoms. The summed E-state index contributed by atoms with van der Waals surface area (Å²) in [4.78, 5) is 0.158. The summed E-state index contributed by atoms with van der Waals surface area (Å²) in [6, 6.07) is 6.55. The highest BCUT2D eigenvalue weighted by molar-refractivity contribution is 7.80. The van der Waals surface area contributed by atoms with Gasteiger partial charge in [-0.3, -0.25) is 4.68 Å². The molecule has 1 heterocycles. The van der Waals surface area contributed by atoms with Crippen molar-refractivity contribution in [2.24, 2.45) is 5.73 Å². The number of ether oxygens (including phenoxy) is 1. The van der Waals surface area contributed by atoms with Crippen molar-refractivity contribution in [3.05, 3.63) is 47.5 Å². The van der Waals surface area contributed by atoms with Crippen molar-refractivity contribution in [3.63, 3.8) is 0 Å². The molecule has 0 fully saturated rings. The quantitative estimate of drug-likeness (QED) is 0.861. The van der Waals surface area contributed by atoms with Crippen molar-refractivity contribution in [2.45, 2.75) is 26.5 Å². The molecule has 0 aliphatic heterocycles. The van der Waals surface area contributed by atoms with Crippen molar-refractivity contribution < 1.29 is 9.13 Å². The molecule has 1 aromatic carbocycles. The van der Waals surface area contributed by atoms with E-state index in [4.69, 9.17) is 22.7 Å². The average molecular weight is 293 g/mol. The summed E-state index contributed by atoms with van der Waals surface area (Å²) in [5, 5.41) is 4.33. The number of aromatic nitrogens is 2. The first-order valence-electron chi connectivity index (χ1n) is 6.23. The molecule has 1 aromatic heterocycles. The monoisotopic (exact) mass is 293 g/mol. The lowest BCUT2D eigenvalue weighted by Crippen LogP contribution is -2.10. The number of benzene rings is 1. The molecule has 0 unspecified atom stereocenters. The van der Waals surface area contributed by atoms with Crippen LogP contribution in [-0.2, 0) is 6.61 Å². The third-order valence-corrected chi connectivity index (χ3v) is 3.02. The van der Waals surface area contributed by atoms with Crippen LogP contribution in [0.25, 0.3) is 0 Å². The van der Waals surface area contributed by atoms with Gasteiger partial charge in [-0.1, -0.05) is 12.2 Å². The molecule has 0 atom stereocenters. The van der Waals surface area contributed by atoms with Gasteiger partial charge in [0.2, 0.25) is 0 Å². The number of halogens is 1. The van der Waals surface area contributed by atoms with E-state index in [0.717, 1.165) is 5.69 Å². The van der Waals surface area contributed by atoms with Crippen LogP contribution >= 0.6 is 12.2 Å². The van der Waals surface area contributed by atoms with Crippen LogP contribution < -0.4 is 10.5 Å². The van der Waals surface area contributed by atoms with Gasteiger partial charge in [0.1, 0.15) is 11.6 Å². The van der Waals surface area contributed by atoms with E-state index in [9.17, 15) is 4.39 Å². The van der Waals surface area contributed by atoms with Crippen molar-refractivity contribution in [1.82, 2.24) is 9.78 Å². The van der Waals surface area contributed by atoms with Crippen molar-refractivity contribution in [1.29, 1.82) is 0 Å². The van der Waals surface area contributed by atoms with Gasteiger partial charge in [-0.2, -0.15) is 5.10 Å². The third kappa shape index (κ3) is 3.33. The minimum Gasteiger partial charge on any atom is -0.484 e. The molecule has 0 spiro atoms. The van der Waals surface area contributed by atoms with Crippen LogP contribution in [0.1, 0.15) is 31.1 Å². The predicted octanol–water partition coefficient (Wildman–Crippen LogP) is 2.82. The van der Waals surface area contributed by atoms with E-state index >= 15 is 0 Å². The molecule has 6 heteroatoms. The topological polar surface area (TPSA) is 53.1 Å². The van der Waals surface area contributed by atoms with E-state index in [1.807, 2.05) is 30.8 Å². The Kier molecular flexibility index (Phi) is 4.34. The fraction of sp³-hybridized carbons (Fsp3) is 0.286. The largest absolute Gasteiger partial charge is 0.484 e. The molecule has 0 bridgehead atoms. The lowest BCUT2D eigenvalue weighted by Gasteiger charge is -2.07. The highest BCUT2D eigenvalue weighted by Crippen LogP contribution is 2.19. The third-order valence-electron chi connectivity index (χ3n) is 2.78. The molecule has 4 nitrogen and oxygen atoms in total. The van der Waals surface area contributed by atoms with Crippen LogP contribution in [0.4, 0.5) is 4.39 Å². The van der Waals surface area contributed by atoms with Crippen LogP contribution in [0.5, 0.6) is 5.75 Å². The Labute approximate surface area is 122 Å². The van der Waals surface area contributed by atoms with Gasteiger partial charge in [0.15, 0.2) is 11.6 Å². The van der Waals surface area contributed by atoms with Crippen molar-refractivity contribution in [3.8, 4) is 5.75 Å². The lowest BCUT2D eigenvalue weighted by molar-refractivity contribution is 0.283. The van der Waals surface area contributed by atoms with Gasteiger partial charge in [-0.15, -0.1) is 0 Å². The van der Waals surface area contributed by atoms with Gasteiger partial charge in [0.05, 0.1) is 5.69 Å². The first kappa shape index (κ1) is 14.5. The van der Waals surface area contributed by atoms with Crippen LogP contribution in [0.3, 0.4) is 0 Å². The van der Waals surface area contributed by atoms with Gasteiger partial charge in [0, 0.05) is 17.8 Å². The molecule has 0 aliphatic rings. The second kappa shape index (κ2) is 6.00. The minimum absolute atomic E-state index is 0.157. The smallest absolute Gasteiger partial charge is 0.165 e. The number of hydrogen-bond donors (Lipinski definition) is 1. The van der Waals surface area contributed by atoms with E-state index in [-0.39, 0.29) is 23.4 Å². The van der Waals surface area contributed by atoms with Gasteiger partial charge in [-0.05, 0) is 38.1 Å². The Morgan fingerprint density at radius 3 is 2.75 bits per heavy atom. The van der Waals surface area contributed by atoms with E-state index in [2.05, 4.69) is 5.10 Å². The minimum atomic E-state index is -0.487. The second-order valence-electron chi connectivity index (χ2n) is 4.68. The standard InChI is InChI=1S/C14H16FN3OS/c1-9(2)18-6-5-11(17-18)8-19-13-4-3-10(14(16)20)7-12(13)15/h3-7,9H,8H2,1-2H3,(H2,16,20). The molecule has 106 valence electrons. The second-order valence-corrected chi connectivity index (χ2v) is 5.12. The maximum Gasteiger partial charge on any atom is 0.165 e. The summed E-state index contributed by atoms with van der Waals surface area (Å²) < 4.78 is 21.0. The molecule has 2 rings (SSSR count). The summed E-state index contributed by atoms with van der Waals surface area (Å²) in [5.41, 5.74) is 6.67. The zero-order chi connectivity index (χ0) is 14.7. The molecule has 2 N–H and O–H groups in total. The van der Waals surface area contributed by atoms with Crippen LogP contribution in [0.2, 0.25) is 0 Å². The highest BCUT2D eigenvalue weighted by Gasteiger charge is 2.08. The SMILES string of the molecule is CC(C)n1ccc(COc2ccc(C(N)=S)cc2F)n1. The first-order chi connectivity index (χ1) is 9.47. The Balaban J connectivity index is 2.05. The summed E-state index contributed by atoms with van der Waals surface area (Å²) in [5.74, 6) is -0.331. The fourth-order valence-corrected chi connectivity index (χ4v) is 1.79. The number of rotatable bonds is 5.